The van der Waals surface area contributed by atoms with E-state index in [4.69, 9.17) is 9.47 Å². The highest BCUT2D eigenvalue weighted by atomic mass is 16.5. The normalized spacial score (nSPS) is 10.1. The lowest BCUT2D eigenvalue weighted by Crippen LogP contribution is -2.15. The van der Waals surface area contributed by atoms with E-state index in [9.17, 15) is 9.59 Å². The fraction of sp³-hybridized carbons (Fsp3) is 0.0909. The second-order valence-electron chi connectivity index (χ2n) is 5.77. The van der Waals surface area contributed by atoms with Crippen LogP contribution in [0.5, 0.6) is 5.75 Å². The molecule has 0 radical (unpaired) electrons. The second kappa shape index (κ2) is 8.19. The van der Waals surface area contributed by atoms with Gasteiger partial charge < -0.3 is 14.8 Å². The first-order valence-electron chi connectivity index (χ1n) is 8.36. The van der Waals surface area contributed by atoms with Crippen molar-refractivity contribution in [3.63, 3.8) is 0 Å². The van der Waals surface area contributed by atoms with E-state index in [1.165, 1.54) is 7.11 Å². The monoisotopic (exact) mass is 361 g/mol. The van der Waals surface area contributed by atoms with Gasteiger partial charge in [0, 0.05) is 11.1 Å². The van der Waals surface area contributed by atoms with Crippen LogP contribution in [0.4, 0.5) is 5.69 Å². The third kappa shape index (κ3) is 3.98. The molecule has 3 aromatic carbocycles. The highest BCUT2D eigenvalue weighted by Gasteiger charge is 2.16. The first-order valence-corrected chi connectivity index (χ1v) is 8.36. The summed E-state index contributed by atoms with van der Waals surface area (Å²) < 4.78 is 10.2. The second-order valence-corrected chi connectivity index (χ2v) is 5.77. The minimum atomic E-state index is -0.509. The number of nitrogens with one attached hydrogen (secondary N) is 1. The predicted molar refractivity (Wildman–Crippen MR) is 104 cm³/mol. The molecule has 0 saturated heterocycles. The summed E-state index contributed by atoms with van der Waals surface area (Å²) in [5.74, 6) is -0.162. The van der Waals surface area contributed by atoms with Crippen molar-refractivity contribution < 1.29 is 19.1 Å². The van der Waals surface area contributed by atoms with Gasteiger partial charge in [0.05, 0.1) is 25.5 Å². The number of ether oxygens (including phenoxy) is 2. The zero-order valence-corrected chi connectivity index (χ0v) is 15.1. The summed E-state index contributed by atoms with van der Waals surface area (Å²) in [5, 5.41) is 2.78. The van der Waals surface area contributed by atoms with Gasteiger partial charge in [-0.2, -0.15) is 0 Å². The molecular weight excluding hydrogens is 342 g/mol. The summed E-state index contributed by atoms with van der Waals surface area (Å²) in [5.41, 5.74) is 2.90. The largest absolute Gasteiger partial charge is 0.496 e. The van der Waals surface area contributed by atoms with Crippen molar-refractivity contribution in [2.45, 2.75) is 0 Å². The van der Waals surface area contributed by atoms with E-state index in [0.29, 0.717) is 22.6 Å². The molecule has 1 amide bonds. The Balaban J connectivity index is 1.94. The molecule has 0 heterocycles. The van der Waals surface area contributed by atoms with E-state index in [1.807, 2.05) is 30.3 Å². The Kier molecular flexibility index (Phi) is 5.52. The molecule has 3 rings (SSSR count). The van der Waals surface area contributed by atoms with Crippen LogP contribution >= 0.6 is 0 Å². The fourth-order valence-electron chi connectivity index (χ4n) is 2.77. The van der Waals surface area contributed by atoms with E-state index in [1.54, 1.807) is 49.6 Å². The van der Waals surface area contributed by atoms with E-state index in [2.05, 4.69) is 5.32 Å². The Morgan fingerprint density at radius 3 is 2.26 bits per heavy atom. The molecule has 0 unspecified atom stereocenters. The Labute approximate surface area is 157 Å². The third-order valence-electron chi connectivity index (χ3n) is 4.13. The predicted octanol–water partition coefficient (Wildman–Crippen LogP) is 4.40. The van der Waals surface area contributed by atoms with Crippen LogP contribution in [0.2, 0.25) is 0 Å². The van der Waals surface area contributed by atoms with Crippen LogP contribution < -0.4 is 10.1 Å². The zero-order chi connectivity index (χ0) is 19.2. The molecule has 0 aromatic heterocycles. The van der Waals surface area contributed by atoms with Gasteiger partial charge >= 0.3 is 5.97 Å². The Morgan fingerprint density at radius 2 is 1.56 bits per heavy atom. The van der Waals surface area contributed by atoms with E-state index in [-0.39, 0.29) is 5.91 Å². The Bertz CT molecular complexity index is 967. The summed E-state index contributed by atoms with van der Waals surface area (Å²) >= 11 is 0. The minimum absolute atomic E-state index is 0.296. The quantitative estimate of drug-likeness (QED) is 0.684. The number of anilines is 1. The maximum absolute atomic E-state index is 12.8. The number of hydrogen-bond donors (Lipinski definition) is 1. The van der Waals surface area contributed by atoms with Crippen molar-refractivity contribution >= 4 is 17.6 Å². The molecular formula is C22H19NO4. The van der Waals surface area contributed by atoms with Crippen molar-refractivity contribution in [3.05, 3.63) is 83.9 Å². The summed E-state index contributed by atoms with van der Waals surface area (Å²) in [6.07, 6.45) is 0. The fourth-order valence-corrected chi connectivity index (χ4v) is 2.77. The number of hydrogen-bond acceptors (Lipinski definition) is 4. The highest BCUT2D eigenvalue weighted by molar-refractivity contribution is 6.08. The van der Waals surface area contributed by atoms with Crippen molar-refractivity contribution in [1.82, 2.24) is 0 Å². The molecule has 0 fully saturated rings. The lowest BCUT2D eigenvalue weighted by Gasteiger charge is -2.13. The average Bonchev–Trinajstić information content (AvgIpc) is 2.73. The SMILES string of the molecule is COC(=O)c1ccccc1NC(=O)c1ccc(OC)c(-c2ccccc2)c1. The number of carbonyl (C=O) groups excluding carboxylic acids is 2. The standard InChI is InChI=1S/C22H19NO4/c1-26-20-13-12-16(14-18(20)15-8-4-3-5-9-15)21(24)23-19-11-7-6-10-17(19)22(25)27-2/h3-14H,1-2H3,(H,23,24). The lowest BCUT2D eigenvalue weighted by molar-refractivity contribution is 0.0602. The first kappa shape index (κ1) is 18.2. The number of esters is 1. The number of methoxy groups -OCH3 is 2. The van der Waals surface area contributed by atoms with Gasteiger partial charge in [-0.1, -0.05) is 42.5 Å². The molecule has 0 saturated carbocycles. The Morgan fingerprint density at radius 1 is 0.852 bits per heavy atom. The third-order valence-corrected chi connectivity index (χ3v) is 4.13. The number of carbonyl (C=O) groups is 2. The van der Waals surface area contributed by atoms with Crippen molar-refractivity contribution in [2.24, 2.45) is 0 Å². The molecule has 0 atom stereocenters. The molecule has 5 heteroatoms. The molecule has 136 valence electrons. The van der Waals surface area contributed by atoms with Crippen LogP contribution in [0.3, 0.4) is 0 Å². The van der Waals surface area contributed by atoms with Gasteiger partial charge in [0.1, 0.15) is 5.75 Å². The van der Waals surface area contributed by atoms with Gasteiger partial charge in [-0.3, -0.25) is 4.79 Å². The number of para-hydroxylation sites is 1. The molecule has 0 aliphatic rings. The van der Waals surface area contributed by atoms with Crippen LogP contribution in [0.15, 0.2) is 72.8 Å². The maximum atomic E-state index is 12.8. The Hall–Kier alpha value is -3.60. The molecule has 0 bridgehead atoms. The molecule has 27 heavy (non-hydrogen) atoms. The van der Waals surface area contributed by atoms with Gasteiger partial charge in [0.2, 0.25) is 0 Å². The van der Waals surface area contributed by atoms with E-state index in [0.717, 1.165) is 11.1 Å². The lowest BCUT2D eigenvalue weighted by atomic mass is 10.0. The maximum Gasteiger partial charge on any atom is 0.339 e. The summed E-state index contributed by atoms with van der Waals surface area (Å²) in [4.78, 5) is 24.6. The van der Waals surface area contributed by atoms with E-state index < -0.39 is 5.97 Å². The van der Waals surface area contributed by atoms with Crippen LogP contribution in [-0.4, -0.2) is 26.1 Å². The molecule has 1 N–H and O–H groups in total. The van der Waals surface area contributed by atoms with Gasteiger partial charge in [0.25, 0.3) is 5.91 Å². The van der Waals surface area contributed by atoms with Gasteiger partial charge in [-0.25, -0.2) is 4.79 Å². The number of amides is 1. The smallest absolute Gasteiger partial charge is 0.339 e. The number of benzene rings is 3. The van der Waals surface area contributed by atoms with Crippen LogP contribution in [-0.2, 0) is 4.74 Å². The van der Waals surface area contributed by atoms with E-state index >= 15 is 0 Å². The van der Waals surface area contributed by atoms with Crippen LogP contribution in [0.1, 0.15) is 20.7 Å². The van der Waals surface area contributed by atoms with Gasteiger partial charge in [-0.15, -0.1) is 0 Å². The molecule has 0 aliphatic heterocycles. The van der Waals surface area contributed by atoms with Crippen LogP contribution in [0.25, 0.3) is 11.1 Å². The van der Waals surface area contributed by atoms with Crippen molar-refractivity contribution in [2.75, 3.05) is 19.5 Å². The number of rotatable bonds is 5. The molecule has 5 nitrogen and oxygen atoms in total. The summed E-state index contributed by atoms with van der Waals surface area (Å²) in [6, 6.07) is 21.6. The summed E-state index contributed by atoms with van der Waals surface area (Å²) in [6.45, 7) is 0. The van der Waals surface area contributed by atoms with Crippen LogP contribution in [0, 0.1) is 0 Å². The highest BCUT2D eigenvalue weighted by Crippen LogP contribution is 2.31. The van der Waals surface area contributed by atoms with Gasteiger partial charge in [0.15, 0.2) is 0 Å². The average molecular weight is 361 g/mol. The molecule has 0 spiro atoms. The molecule has 3 aromatic rings. The van der Waals surface area contributed by atoms with Crippen molar-refractivity contribution in [3.8, 4) is 16.9 Å². The molecule has 0 aliphatic carbocycles. The van der Waals surface area contributed by atoms with Gasteiger partial charge in [-0.05, 0) is 35.9 Å². The first-order chi connectivity index (χ1) is 13.1. The minimum Gasteiger partial charge on any atom is -0.496 e. The zero-order valence-electron chi connectivity index (χ0n) is 15.1. The summed E-state index contributed by atoms with van der Waals surface area (Å²) in [7, 11) is 2.89. The topological polar surface area (TPSA) is 64.6 Å². The van der Waals surface area contributed by atoms with Crippen molar-refractivity contribution in [1.29, 1.82) is 0 Å².